The molecule has 0 saturated carbocycles. The molecule has 4 rings (SSSR count). The molecule has 0 unspecified atom stereocenters. The number of rotatable bonds is 3. The molecule has 1 aliphatic heterocycles. The van der Waals surface area contributed by atoms with E-state index >= 15 is 0 Å². The number of fused-ring (bicyclic) bond motifs is 2. The van der Waals surface area contributed by atoms with Gasteiger partial charge in [-0.2, -0.15) is 0 Å². The smallest absolute Gasteiger partial charge is 0.255 e. The largest absolute Gasteiger partial charge is 0.390 e. The van der Waals surface area contributed by atoms with E-state index in [9.17, 15) is 9.90 Å². The summed E-state index contributed by atoms with van der Waals surface area (Å²) in [6, 6.07) is 7.65. The average molecular weight is 381 g/mol. The Labute approximate surface area is 165 Å². The number of nitrogens with zero attached hydrogens (tertiary/aromatic N) is 3. The normalized spacial score (nSPS) is 22.7. The second kappa shape index (κ2) is 7.14. The number of carbonyl (C=O) groups is 1. The van der Waals surface area contributed by atoms with E-state index in [2.05, 4.69) is 26.7 Å². The van der Waals surface area contributed by atoms with Crippen molar-refractivity contribution in [3.8, 4) is 0 Å². The molecule has 1 amide bonds. The quantitative estimate of drug-likeness (QED) is 0.743. The van der Waals surface area contributed by atoms with Crippen LogP contribution in [0.1, 0.15) is 46.1 Å². The van der Waals surface area contributed by atoms with Gasteiger partial charge < -0.3 is 20.6 Å². The highest BCUT2D eigenvalue weighted by atomic mass is 16.3. The van der Waals surface area contributed by atoms with Gasteiger partial charge in [0.1, 0.15) is 0 Å². The SMILES string of the molecule is Cc1nc(N(C)C)ncc1C(=O)N[C@@H]1c2ccccc2C2(CCNCC2)[C@H]1O. The van der Waals surface area contributed by atoms with Crippen molar-refractivity contribution >= 4 is 11.9 Å². The molecule has 2 atom stereocenters. The Bertz CT molecular complexity index is 892. The Kier molecular flexibility index (Phi) is 4.81. The fourth-order valence-electron chi connectivity index (χ4n) is 4.58. The van der Waals surface area contributed by atoms with Crippen LogP contribution in [0.3, 0.4) is 0 Å². The summed E-state index contributed by atoms with van der Waals surface area (Å²) in [5.41, 5.74) is 2.91. The zero-order valence-corrected chi connectivity index (χ0v) is 16.6. The molecular weight excluding hydrogens is 354 g/mol. The predicted octanol–water partition coefficient (Wildman–Crippen LogP) is 1.32. The van der Waals surface area contributed by atoms with Crippen LogP contribution in [0.5, 0.6) is 0 Å². The van der Waals surface area contributed by atoms with Crippen LogP contribution in [0.4, 0.5) is 5.95 Å². The summed E-state index contributed by atoms with van der Waals surface area (Å²) in [6.45, 7) is 3.53. The van der Waals surface area contributed by atoms with E-state index in [1.54, 1.807) is 18.0 Å². The summed E-state index contributed by atoms with van der Waals surface area (Å²) < 4.78 is 0. The zero-order valence-electron chi connectivity index (χ0n) is 16.6. The molecule has 28 heavy (non-hydrogen) atoms. The number of aromatic nitrogens is 2. The molecule has 0 radical (unpaired) electrons. The van der Waals surface area contributed by atoms with E-state index in [4.69, 9.17) is 0 Å². The van der Waals surface area contributed by atoms with Gasteiger partial charge in [0, 0.05) is 25.7 Å². The number of amides is 1. The maximum atomic E-state index is 13.0. The van der Waals surface area contributed by atoms with Gasteiger partial charge in [-0.3, -0.25) is 4.79 Å². The Morgan fingerprint density at radius 2 is 2.00 bits per heavy atom. The van der Waals surface area contributed by atoms with E-state index in [1.165, 1.54) is 0 Å². The summed E-state index contributed by atoms with van der Waals surface area (Å²) in [7, 11) is 3.72. The number of hydrogen-bond acceptors (Lipinski definition) is 6. The molecular formula is C21H27N5O2. The standard InChI is InChI=1S/C21H27N5O2/c1-13-15(12-23-20(24-13)26(2)3)19(28)25-17-14-6-4-5-7-16(14)21(18(17)27)8-10-22-11-9-21/h4-7,12,17-18,22,27H,8-11H2,1-3H3,(H,25,28)/t17-,18+/m1/s1. The van der Waals surface area contributed by atoms with Crippen LogP contribution in [0.25, 0.3) is 0 Å². The second-order valence-corrected chi connectivity index (χ2v) is 7.95. The topological polar surface area (TPSA) is 90.4 Å². The molecule has 3 N–H and O–H groups in total. The number of benzene rings is 1. The highest BCUT2D eigenvalue weighted by Gasteiger charge is 2.52. The minimum absolute atomic E-state index is 0.257. The molecule has 0 bridgehead atoms. The van der Waals surface area contributed by atoms with Gasteiger partial charge in [-0.05, 0) is 44.0 Å². The molecule has 2 aliphatic rings. The lowest BCUT2D eigenvalue weighted by Crippen LogP contribution is -2.48. The van der Waals surface area contributed by atoms with Gasteiger partial charge in [-0.15, -0.1) is 0 Å². The van der Waals surface area contributed by atoms with Gasteiger partial charge in [0.05, 0.1) is 23.4 Å². The van der Waals surface area contributed by atoms with Crippen molar-refractivity contribution in [1.82, 2.24) is 20.6 Å². The van der Waals surface area contributed by atoms with Crippen molar-refractivity contribution in [2.45, 2.75) is 37.3 Å². The first-order chi connectivity index (χ1) is 13.4. The van der Waals surface area contributed by atoms with E-state index < -0.39 is 12.1 Å². The van der Waals surface area contributed by atoms with Gasteiger partial charge in [0.25, 0.3) is 5.91 Å². The maximum absolute atomic E-state index is 13.0. The van der Waals surface area contributed by atoms with E-state index in [1.807, 2.05) is 32.3 Å². The van der Waals surface area contributed by atoms with Crippen LogP contribution >= 0.6 is 0 Å². The van der Waals surface area contributed by atoms with E-state index in [0.717, 1.165) is 37.1 Å². The number of piperidine rings is 1. The number of aryl methyl sites for hydroxylation is 1. The Morgan fingerprint density at radius 3 is 2.68 bits per heavy atom. The number of nitrogens with one attached hydrogen (secondary N) is 2. The molecule has 1 saturated heterocycles. The molecule has 1 aromatic heterocycles. The van der Waals surface area contributed by atoms with Gasteiger partial charge in [0.15, 0.2) is 0 Å². The summed E-state index contributed by atoms with van der Waals surface area (Å²) in [6.07, 6.45) is 2.62. The van der Waals surface area contributed by atoms with Gasteiger partial charge in [0.2, 0.25) is 5.95 Å². The molecule has 1 aromatic carbocycles. The average Bonchev–Trinajstić information content (AvgIpc) is 2.91. The Morgan fingerprint density at radius 1 is 1.29 bits per heavy atom. The van der Waals surface area contributed by atoms with Crippen LogP contribution < -0.4 is 15.5 Å². The number of hydrogen-bond donors (Lipinski definition) is 3. The van der Waals surface area contributed by atoms with Gasteiger partial charge >= 0.3 is 0 Å². The third kappa shape index (κ3) is 2.95. The van der Waals surface area contributed by atoms with E-state index in [0.29, 0.717) is 17.2 Å². The number of carbonyl (C=O) groups excluding carboxylic acids is 1. The molecule has 2 heterocycles. The molecule has 7 nitrogen and oxygen atoms in total. The first-order valence-corrected chi connectivity index (χ1v) is 9.74. The Balaban J connectivity index is 1.64. The highest BCUT2D eigenvalue weighted by Crippen LogP contribution is 2.50. The monoisotopic (exact) mass is 381 g/mol. The van der Waals surface area contributed by atoms with Crippen molar-refractivity contribution in [2.75, 3.05) is 32.1 Å². The van der Waals surface area contributed by atoms with Crippen molar-refractivity contribution < 1.29 is 9.90 Å². The molecule has 2 aromatic rings. The lowest BCUT2D eigenvalue weighted by molar-refractivity contribution is 0.0417. The Hall–Kier alpha value is -2.51. The van der Waals surface area contributed by atoms with Crippen LogP contribution in [-0.4, -0.2) is 54.3 Å². The van der Waals surface area contributed by atoms with Crippen LogP contribution in [-0.2, 0) is 5.41 Å². The number of anilines is 1. The predicted molar refractivity (Wildman–Crippen MR) is 108 cm³/mol. The minimum atomic E-state index is -0.654. The van der Waals surface area contributed by atoms with Crippen LogP contribution in [0, 0.1) is 6.92 Å². The maximum Gasteiger partial charge on any atom is 0.255 e. The fourth-order valence-corrected chi connectivity index (χ4v) is 4.58. The van der Waals surface area contributed by atoms with Crippen molar-refractivity contribution in [1.29, 1.82) is 0 Å². The summed E-state index contributed by atoms with van der Waals surface area (Å²) in [4.78, 5) is 23.5. The van der Waals surface area contributed by atoms with Crippen molar-refractivity contribution in [3.05, 3.63) is 52.8 Å². The van der Waals surface area contributed by atoms with Gasteiger partial charge in [-0.1, -0.05) is 24.3 Å². The lowest BCUT2D eigenvalue weighted by atomic mass is 9.72. The summed E-state index contributed by atoms with van der Waals surface area (Å²) in [5.74, 6) is 0.307. The van der Waals surface area contributed by atoms with Crippen LogP contribution in [0.15, 0.2) is 30.5 Å². The molecule has 148 valence electrons. The first-order valence-electron chi connectivity index (χ1n) is 9.74. The van der Waals surface area contributed by atoms with Crippen LogP contribution in [0.2, 0.25) is 0 Å². The summed E-state index contributed by atoms with van der Waals surface area (Å²) in [5, 5.41) is 17.7. The second-order valence-electron chi connectivity index (χ2n) is 7.95. The molecule has 1 fully saturated rings. The lowest BCUT2D eigenvalue weighted by Gasteiger charge is -2.38. The third-order valence-electron chi connectivity index (χ3n) is 6.11. The third-order valence-corrected chi connectivity index (χ3v) is 6.11. The minimum Gasteiger partial charge on any atom is -0.390 e. The van der Waals surface area contributed by atoms with E-state index in [-0.39, 0.29) is 11.3 Å². The fraction of sp³-hybridized carbons (Fsp3) is 0.476. The number of aliphatic hydroxyl groups is 1. The molecule has 1 spiro atoms. The summed E-state index contributed by atoms with van der Waals surface area (Å²) >= 11 is 0. The number of aliphatic hydroxyl groups excluding tert-OH is 1. The molecule has 1 aliphatic carbocycles. The zero-order chi connectivity index (χ0) is 19.9. The van der Waals surface area contributed by atoms with Crippen molar-refractivity contribution in [2.24, 2.45) is 0 Å². The van der Waals surface area contributed by atoms with Crippen molar-refractivity contribution in [3.63, 3.8) is 0 Å². The highest BCUT2D eigenvalue weighted by molar-refractivity contribution is 5.95. The first kappa shape index (κ1) is 18.8. The van der Waals surface area contributed by atoms with Gasteiger partial charge in [-0.25, -0.2) is 9.97 Å². The molecule has 7 heteroatoms.